The topological polar surface area (TPSA) is 56.5 Å². The van der Waals surface area contributed by atoms with Gasteiger partial charge in [0.2, 0.25) is 5.28 Å². The average Bonchev–Trinajstić information content (AvgIpc) is 2.51. The zero-order chi connectivity index (χ0) is 11.0. The van der Waals surface area contributed by atoms with Crippen molar-refractivity contribution in [2.75, 3.05) is 0 Å². The molecule has 2 aromatic rings. The van der Waals surface area contributed by atoms with Gasteiger partial charge in [-0.3, -0.25) is 0 Å². The van der Waals surface area contributed by atoms with Crippen molar-refractivity contribution in [3.8, 4) is 5.82 Å². The van der Waals surface area contributed by atoms with Gasteiger partial charge in [-0.15, -0.1) is 10.2 Å². The van der Waals surface area contributed by atoms with Crippen LogP contribution in [0.5, 0.6) is 0 Å². The predicted molar refractivity (Wildman–Crippen MR) is 56.7 cm³/mol. The molecule has 0 atom stereocenters. The Morgan fingerprint density at radius 1 is 1.20 bits per heavy atom. The van der Waals surface area contributed by atoms with Gasteiger partial charge in [0.1, 0.15) is 0 Å². The number of aryl methyl sites for hydroxylation is 1. The summed E-state index contributed by atoms with van der Waals surface area (Å²) in [7, 11) is 0. The summed E-state index contributed by atoms with van der Waals surface area (Å²) in [5, 5.41) is 11.8. The Morgan fingerprint density at radius 2 is 1.93 bits per heavy atom. The van der Waals surface area contributed by atoms with Crippen molar-refractivity contribution in [3.05, 3.63) is 27.4 Å². The van der Waals surface area contributed by atoms with Crippen molar-refractivity contribution in [3.63, 3.8) is 0 Å². The minimum Gasteiger partial charge on any atom is -0.218 e. The molecule has 8 heteroatoms. The third-order valence-electron chi connectivity index (χ3n) is 1.66. The van der Waals surface area contributed by atoms with E-state index in [1.54, 1.807) is 13.1 Å². The fraction of sp³-hybridized carbons (Fsp3) is 0.143. The first kappa shape index (κ1) is 10.6. The molecule has 0 unspecified atom stereocenters. The average molecular weight is 265 g/mol. The van der Waals surface area contributed by atoms with Gasteiger partial charge in [0.05, 0.1) is 16.9 Å². The Morgan fingerprint density at radius 3 is 2.53 bits per heavy atom. The van der Waals surface area contributed by atoms with Crippen molar-refractivity contribution >= 4 is 34.8 Å². The normalized spacial score (nSPS) is 10.7. The summed E-state index contributed by atoms with van der Waals surface area (Å²) in [6, 6.07) is 0. The second kappa shape index (κ2) is 3.92. The van der Waals surface area contributed by atoms with E-state index < -0.39 is 0 Å². The van der Waals surface area contributed by atoms with Gasteiger partial charge in [0.25, 0.3) is 0 Å². The summed E-state index contributed by atoms with van der Waals surface area (Å²) in [5.41, 5.74) is 0.669. The lowest BCUT2D eigenvalue weighted by Crippen LogP contribution is -2.03. The third kappa shape index (κ3) is 2.04. The summed E-state index contributed by atoms with van der Waals surface area (Å²) < 4.78 is 1.40. The maximum Gasteiger partial charge on any atom is 0.245 e. The Labute approximate surface area is 100.0 Å². The van der Waals surface area contributed by atoms with Gasteiger partial charge in [-0.25, -0.2) is 4.68 Å². The number of nitrogens with zero attached hydrogens (tertiary/aromatic N) is 5. The van der Waals surface area contributed by atoms with Crippen molar-refractivity contribution in [2.24, 2.45) is 0 Å². The monoisotopic (exact) mass is 263 g/mol. The van der Waals surface area contributed by atoms with Crippen LogP contribution in [-0.4, -0.2) is 25.0 Å². The van der Waals surface area contributed by atoms with E-state index in [4.69, 9.17) is 34.8 Å². The van der Waals surface area contributed by atoms with E-state index in [2.05, 4.69) is 20.3 Å². The van der Waals surface area contributed by atoms with Crippen LogP contribution in [0.4, 0.5) is 0 Å². The lowest BCUT2D eigenvalue weighted by atomic mass is 10.5. The second-order valence-electron chi connectivity index (χ2n) is 2.70. The summed E-state index contributed by atoms with van der Waals surface area (Å²) in [5.74, 6) is 0.298. The van der Waals surface area contributed by atoms with E-state index in [1.165, 1.54) is 4.68 Å². The van der Waals surface area contributed by atoms with E-state index in [9.17, 15) is 0 Å². The molecule has 0 aliphatic heterocycles. The highest BCUT2D eigenvalue weighted by Gasteiger charge is 2.11. The van der Waals surface area contributed by atoms with Gasteiger partial charge in [0.15, 0.2) is 11.0 Å². The molecule has 2 rings (SSSR count). The van der Waals surface area contributed by atoms with Crippen LogP contribution in [0.25, 0.3) is 5.82 Å². The van der Waals surface area contributed by atoms with Crippen molar-refractivity contribution in [1.82, 2.24) is 25.0 Å². The molecule has 0 bridgehead atoms. The maximum atomic E-state index is 5.85. The number of hydrogen-bond donors (Lipinski definition) is 0. The Balaban J connectivity index is 2.58. The largest absolute Gasteiger partial charge is 0.245 e. The fourth-order valence-electron chi connectivity index (χ4n) is 0.979. The Hall–Kier alpha value is -0.910. The number of rotatable bonds is 1. The molecule has 78 valence electrons. The van der Waals surface area contributed by atoms with Gasteiger partial charge in [0, 0.05) is 0 Å². The molecule has 2 heterocycles. The van der Waals surface area contributed by atoms with Gasteiger partial charge in [-0.2, -0.15) is 10.1 Å². The summed E-state index contributed by atoms with van der Waals surface area (Å²) in [4.78, 5) is 3.90. The lowest BCUT2D eigenvalue weighted by Gasteiger charge is -2.00. The zero-order valence-electron chi connectivity index (χ0n) is 7.45. The van der Waals surface area contributed by atoms with Crippen molar-refractivity contribution in [1.29, 1.82) is 0 Å². The van der Waals surface area contributed by atoms with Crippen LogP contribution in [0.15, 0.2) is 6.20 Å². The quantitative estimate of drug-likeness (QED) is 0.793. The van der Waals surface area contributed by atoms with Crippen LogP contribution in [-0.2, 0) is 0 Å². The second-order valence-corrected chi connectivity index (χ2v) is 3.81. The summed E-state index contributed by atoms with van der Waals surface area (Å²) >= 11 is 17.2. The van der Waals surface area contributed by atoms with E-state index in [1.807, 2.05) is 0 Å². The molecule has 0 fully saturated rings. The molecule has 0 amide bonds. The minimum atomic E-state index is -0.00123. The first-order valence-electron chi connectivity index (χ1n) is 3.86. The molecule has 0 aromatic carbocycles. The van der Waals surface area contributed by atoms with E-state index in [-0.39, 0.29) is 10.4 Å². The number of hydrogen-bond acceptors (Lipinski definition) is 4. The van der Waals surface area contributed by atoms with Gasteiger partial charge >= 0.3 is 0 Å². The molecule has 0 spiro atoms. The van der Waals surface area contributed by atoms with Crippen LogP contribution >= 0.6 is 34.8 Å². The highest BCUT2D eigenvalue weighted by atomic mass is 35.5. The predicted octanol–water partition coefficient (Wildman–Crippen LogP) is 2.33. The van der Waals surface area contributed by atoms with Crippen LogP contribution in [0.1, 0.15) is 5.69 Å². The molecule has 2 aromatic heterocycles. The van der Waals surface area contributed by atoms with Gasteiger partial charge in [-0.1, -0.05) is 23.2 Å². The van der Waals surface area contributed by atoms with E-state index in [0.29, 0.717) is 16.5 Å². The van der Waals surface area contributed by atoms with Crippen LogP contribution in [0.3, 0.4) is 0 Å². The molecule has 0 aliphatic rings. The molecule has 5 nitrogen and oxygen atoms in total. The Kier molecular flexibility index (Phi) is 2.77. The fourth-order valence-corrected chi connectivity index (χ4v) is 1.39. The van der Waals surface area contributed by atoms with Crippen molar-refractivity contribution in [2.45, 2.75) is 6.92 Å². The van der Waals surface area contributed by atoms with Crippen molar-refractivity contribution < 1.29 is 0 Å². The minimum absolute atomic E-state index is 0.00123. The first-order chi connectivity index (χ1) is 7.08. The maximum absolute atomic E-state index is 5.85. The molecule has 0 saturated heterocycles. The summed E-state index contributed by atoms with van der Waals surface area (Å²) in [6.07, 6.45) is 1.57. The smallest absolute Gasteiger partial charge is 0.218 e. The Bertz CT molecular complexity index is 490. The van der Waals surface area contributed by atoms with E-state index >= 15 is 0 Å². The van der Waals surface area contributed by atoms with Gasteiger partial charge < -0.3 is 0 Å². The molecule has 0 saturated carbocycles. The standard InChI is InChI=1S/C7H4Cl3N5/c1-3-4(8)2-15(14-3)6-5(9)12-13-7(10)11-6/h2H,1H3. The number of halogens is 3. The van der Waals surface area contributed by atoms with Crippen LogP contribution in [0, 0.1) is 6.92 Å². The molecular weight excluding hydrogens is 260 g/mol. The lowest BCUT2D eigenvalue weighted by molar-refractivity contribution is 0.804. The first-order valence-corrected chi connectivity index (χ1v) is 4.99. The molecule has 0 N–H and O–H groups in total. The molecule has 15 heavy (non-hydrogen) atoms. The number of aromatic nitrogens is 5. The third-order valence-corrected chi connectivity index (χ3v) is 2.43. The van der Waals surface area contributed by atoms with Crippen LogP contribution < -0.4 is 0 Å². The highest BCUT2D eigenvalue weighted by Crippen LogP contribution is 2.19. The van der Waals surface area contributed by atoms with Gasteiger partial charge in [-0.05, 0) is 18.5 Å². The zero-order valence-corrected chi connectivity index (χ0v) is 9.72. The van der Waals surface area contributed by atoms with E-state index in [0.717, 1.165) is 0 Å². The molecular formula is C7H4Cl3N5. The molecule has 0 aliphatic carbocycles. The van der Waals surface area contributed by atoms with Crippen LogP contribution in [0.2, 0.25) is 15.5 Å². The highest BCUT2D eigenvalue weighted by molar-refractivity contribution is 6.32. The molecule has 0 radical (unpaired) electrons. The summed E-state index contributed by atoms with van der Waals surface area (Å²) in [6.45, 7) is 1.77. The SMILES string of the molecule is Cc1nn(-c2nc(Cl)nnc2Cl)cc1Cl.